The Kier molecular flexibility index (Phi) is 3.89. The predicted molar refractivity (Wildman–Crippen MR) is 85.2 cm³/mol. The molecule has 1 unspecified atom stereocenters. The van der Waals surface area contributed by atoms with Gasteiger partial charge < -0.3 is 0 Å². The summed E-state index contributed by atoms with van der Waals surface area (Å²) in [5, 5.41) is 0.822. The van der Waals surface area contributed by atoms with Gasteiger partial charge in [0.15, 0.2) is 0 Å². The third-order valence-corrected chi connectivity index (χ3v) is 4.01. The van der Waals surface area contributed by atoms with E-state index in [9.17, 15) is 4.39 Å². The Morgan fingerprint density at radius 3 is 2.71 bits per heavy atom. The van der Waals surface area contributed by atoms with Crippen LogP contribution in [0.5, 0.6) is 0 Å². The average Bonchev–Trinajstić information content (AvgIpc) is 2.50. The maximum absolute atomic E-state index is 13.6. The highest BCUT2D eigenvalue weighted by Gasteiger charge is 2.12. The van der Waals surface area contributed by atoms with Crippen molar-refractivity contribution in [1.82, 2.24) is 4.98 Å². The molecule has 1 aromatic heterocycles. The van der Waals surface area contributed by atoms with Gasteiger partial charge in [-0.05, 0) is 36.2 Å². The summed E-state index contributed by atoms with van der Waals surface area (Å²) in [6.07, 6.45) is 0.578. The molecule has 0 N–H and O–H groups in total. The smallest absolute Gasteiger partial charge is 0.126 e. The van der Waals surface area contributed by atoms with Crippen LogP contribution in [-0.2, 0) is 6.42 Å². The summed E-state index contributed by atoms with van der Waals surface area (Å²) in [5.74, 6) is -0.218. The molecule has 0 radical (unpaired) electrons. The van der Waals surface area contributed by atoms with Crippen molar-refractivity contribution in [1.29, 1.82) is 0 Å². The molecule has 0 fully saturated rings. The summed E-state index contributed by atoms with van der Waals surface area (Å²) in [7, 11) is 0. The summed E-state index contributed by atoms with van der Waals surface area (Å²) in [4.78, 5) is 4.60. The van der Waals surface area contributed by atoms with E-state index in [1.807, 2.05) is 42.5 Å². The van der Waals surface area contributed by atoms with Crippen molar-refractivity contribution in [2.24, 2.45) is 0 Å². The summed E-state index contributed by atoms with van der Waals surface area (Å²) in [6, 6.07) is 17.1. The second-order valence-corrected chi connectivity index (χ2v) is 5.70. The SMILES string of the molecule is Cc1ccc(C(Cl)Cc2ccc3ccccc3n2)cc1F. The number of fused-ring (bicyclic) bond motifs is 1. The van der Waals surface area contributed by atoms with E-state index in [0.29, 0.717) is 12.0 Å². The predicted octanol–water partition coefficient (Wildman–Crippen LogP) is 5.20. The molecule has 3 rings (SSSR count). The Labute approximate surface area is 128 Å². The van der Waals surface area contributed by atoms with E-state index < -0.39 is 0 Å². The average molecular weight is 300 g/mol. The molecular weight excluding hydrogens is 285 g/mol. The van der Waals surface area contributed by atoms with Gasteiger partial charge in [0.2, 0.25) is 0 Å². The number of hydrogen-bond donors (Lipinski definition) is 0. The Morgan fingerprint density at radius 1 is 1.10 bits per heavy atom. The van der Waals surface area contributed by atoms with Crippen LogP contribution in [0.3, 0.4) is 0 Å². The molecule has 0 aliphatic rings. The Hall–Kier alpha value is -1.93. The van der Waals surface area contributed by atoms with Gasteiger partial charge in [-0.3, -0.25) is 4.98 Å². The molecule has 0 bridgehead atoms. The van der Waals surface area contributed by atoms with Gasteiger partial charge >= 0.3 is 0 Å². The maximum Gasteiger partial charge on any atom is 0.126 e. The number of aryl methyl sites for hydroxylation is 1. The third-order valence-electron chi connectivity index (χ3n) is 3.60. The van der Waals surface area contributed by atoms with Crippen molar-refractivity contribution in [3.8, 4) is 0 Å². The lowest BCUT2D eigenvalue weighted by Crippen LogP contribution is -1.99. The molecule has 0 saturated carbocycles. The fraction of sp³-hybridized carbons (Fsp3) is 0.167. The van der Waals surface area contributed by atoms with E-state index in [2.05, 4.69) is 4.98 Å². The van der Waals surface area contributed by atoms with Gasteiger partial charge in [-0.1, -0.05) is 36.4 Å². The minimum atomic E-state index is -0.284. The molecule has 0 amide bonds. The quantitative estimate of drug-likeness (QED) is 0.605. The molecule has 1 nitrogen and oxygen atoms in total. The highest BCUT2D eigenvalue weighted by molar-refractivity contribution is 6.20. The lowest BCUT2D eigenvalue weighted by atomic mass is 10.0. The zero-order chi connectivity index (χ0) is 14.8. The summed E-state index contributed by atoms with van der Waals surface area (Å²) in [6.45, 7) is 1.74. The molecule has 3 heteroatoms. The van der Waals surface area contributed by atoms with Gasteiger partial charge in [0.05, 0.1) is 10.9 Å². The van der Waals surface area contributed by atoms with Crippen molar-refractivity contribution in [3.63, 3.8) is 0 Å². The van der Waals surface area contributed by atoms with Crippen LogP contribution in [-0.4, -0.2) is 4.98 Å². The first-order valence-corrected chi connectivity index (χ1v) is 7.32. The second-order valence-electron chi connectivity index (χ2n) is 5.18. The van der Waals surface area contributed by atoms with E-state index in [1.54, 1.807) is 13.0 Å². The molecular formula is C18H15ClFN. The van der Waals surface area contributed by atoms with Crippen molar-refractivity contribution < 1.29 is 4.39 Å². The van der Waals surface area contributed by atoms with Gasteiger partial charge in [-0.25, -0.2) is 4.39 Å². The van der Waals surface area contributed by atoms with Crippen LogP contribution in [0.25, 0.3) is 10.9 Å². The Morgan fingerprint density at radius 2 is 1.90 bits per heavy atom. The zero-order valence-electron chi connectivity index (χ0n) is 11.7. The minimum absolute atomic E-state index is 0.218. The summed E-state index contributed by atoms with van der Waals surface area (Å²) >= 11 is 6.41. The molecule has 3 aromatic rings. The zero-order valence-corrected chi connectivity index (χ0v) is 12.4. The number of halogens is 2. The Bertz CT molecular complexity index is 785. The Balaban J connectivity index is 1.85. The molecule has 106 valence electrons. The van der Waals surface area contributed by atoms with Gasteiger partial charge in [-0.15, -0.1) is 11.6 Å². The standard InChI is InChI=1S/C18H15ClFN/c1-12-6-7-14(10-17(12)20)16(19)11-15-9-8-13-4-2-3-5-18(13)21-15/h2-10,16H,11H2,1H3. The van der Waals surface area contributed by atoms with Crippen LogP contribution in [0, 0.1) is 12.7 Å². The van der Waals surface area contributed by atoms with Crippen molar-refractivity contribution in [3.05, 3.63) is 77.2 Å². The first kappa shape index (κ1) is 14.0. The lowest BCUT2D eigenvalue weighted by Gasteiger charge is -2.11. The number of rotatable bonds is 3. The topological polar surface area (TPSA) is 12.9 Å². The molecule has 2 aromatic carbocycles. The monoisotopic (exact) mass is 299 g/mol. The molecule has 21 heavy (non-hydrogen) atoms. The fourth-order valence-electron chi connectivity index (χ4n) is 2.33. The summed E-state index contributed by atoms with van der Waals surface area (Å²) in [5.41, 5.74) is 3.28. The molecule has 0 saturated heterocycles. The van der Waals surface area contributed by atoms with Gasteiger partial charge in [0.1, 0.15) is 5.82 Å². The van der Waals surface area contributed by atoms with Crippen molar-refractivity contribution in [2.75, 3.05) is 0 Å². The number of hydrogen-bond acceptors (Lipinski definition) is 1. The second kappa shape index (κ2) is 5.82. The van der Waals surface area contributed by atoms with Crippen LogP contribution in [0.2, 0.25) is 0 Å². The number of para-hydroxylation sites is 1. The highest BCUT2D eigenvalue weighted by Crippen LogP contribution is 2.26. The largest absolute Gasteiger partial charge is 0.253 e. The molecule has 0 aliphatic heterocycles. The van der Waals surface area contributed by atoms with Crippen LogP contribution in [0.1, 0.15) is 22.2 Å². The van der Waals surface area contributed by atoms with Crippen LogP contribution in [0.15, 0.2) is 54.6 Å². The van der Waals surface area contributed by atoms with E-state index in [1.165, 1.54) is 6.07 Å². The van der Waals surface area contributed by atoms with E-state index >= 15 is 0 Å². The van der Waals surface area contributed by atoms with E-state index in [-0.39, 0.29) is 11.2 Å². The molecule has 1 heterocycles. The molecule has 0 aliphatic carbocycles. The van der Waals surface area contributed by atoms with Gasteiger partial charge in [-0.2, -0.15) is 0 Å². The third kappa shape index (κ3) is 3.06. The number of nitrogens with zero attached hydrogens (tertiary/aromatic N) is 1. The van der Waals surface area contributed by atoms with Crippen molar-refractivity contribution >= 4 is 22.5 Å². The number of benzene rings is 2. The normalized spacial score (nSPS) is 12.5. The number of alkyl halides is 1. The minimum Gasteiger partial charge on any atom is -0.253 e. The number of pyridine rings is 1. The van der Waals surface area contributed by atoms with Crippen LogP contribution < -0.4 is 0 Å². The first-order chi connectivity index (χ1) is 10.1. The van der Waals surface area contributed by atoms with Crippen LogP contribution in [0.4, 0.5) is 4.39 Å². The first-order valence-electron chi connectivity index (χ1n) is 6.88. The highest BCUT2D eigenvalue weighted by atomic mass is 35.5. The fourth-order valence-corrected chi connectivity index (χ4v) is 2.62. The molecule has 1 atom stereocenters. The van der Waals surface area contributed by atoms with Gasteiger partial charge in [0.25, 0.3) is 0 Å². The summed E-state index contributed by atoms with van der Waals surface area (Å²) < 4.78 is 13.6. The number of aromatic nitrogens is 1. The van der Waals surface area contributed by atoms with E-state index in [0.717, 1.165) is 22.2 Å². The van der Waals surface area contributed by atoms with Crippen molar-refractivity contribution in [2.45, 2.75) is 18.7 Å². The van der Waals surface area contributed by atoms with Crippen LogP contribution >= 0.6 is 11.6 Å². The molecule has 0 spiro atoms. The maximum atomic E-state index is 13.6. The van der Waals surface area contributed by atoms with E-state index in [4.69, 9.17) is 11.6 Å². The lowest BCUT2D eigenvalue weighted by molar-refractivity contribution is 0.615. The van der Waals surface area contributed by atoms with Gasteiger partial charge in [0, 0.05) is 17.5 Å².